The first-order valence-corrected chi connectivity index (χ1v) is 8.87. The smallest absolute Gasteiger partial charge is 0.225 e. The minimum absolute atomic E-state index is 0.0263. The van der Waals surface area contributed by atoms with Crippen LogP contribution in [0.15, 0.2) is 36.5 Å². The number of likely N-dealkylation sites (tertiary alicyclic amines) is 1. The molecule has 1 saturated carbocycles. The van der Waals surface area contributed by atoms with Crippen LogP contribution in [0.2, 0.25) is 0 Å². The Morgan fingerprint density at radius 3 is 2.80 bits per heavy atom. The highest BCUT2D eigenvalue weighted by Crippen LogP contribution is 2.31. The lowest BCUT2D eigenvalue weighted by Crippen LogP contribution is -2.46. The summed E-state index contributed by atoms with van der Waals surface area (Å²) in [6.45, 7) is 1.000. The molecule has 2 heterocycles. The predicted octanol–water partition coefficient (Wildman–Crippen LogP) is 2.09. The van der Waals surface area contributed by atoms with Crippen LogP contribution in [-0.2, 0) is 16.1 Å². The third-order valence-electron chi connectivity index (χ3n) is 5.04. The van der Waals surface area contributed by atoms with Crippen molar-refractivity contribution in [2.45, 2.75) is 38.3 Å². The number of aromatic nitrogens is 2. The Kier molecular flexibility index (Phi) is 4.26. The van der Waals surface area contributed by atoms with Gasteiger partial charge in [0.25, 0.3) is 0 Å². The van der Waals surface area contributed by atoms with Gasteiger partial charge in [-0.1, -0.05) is 30.3 Å². The predicted molar refractivity (Wildman–Crippen MR) is 93.3 cm³/mol. The zero-order valence-electron chi connectivity index (χ0n) is 14.1. The molecule has 2 N–H and O–H groups in total. The first-order chi connectivity index (χ1) is 12.2. The van der Waals surface area contributed by atoms with Gasteiger partial charge in [-0.15, -0.1) is 0 Å². The van der Waals surface area contributed by atoms with E-state index in [1.165, 1.54) is 0 Å². The van der Waals surface area contributed by atoms with E-state index in [0.29, 0.717) is 32.0 Å². The molecule has 130 valence electrons. The molecule has 2 fully saturated rings. The molecule has 0 spiro atoms. The summed E-state index contributed by atoms with van der Waals surface area (Å²) in [7, 11) is 0. The Hall–Kier alpha value is -2.63. The molecule has 1 aliphatic heterocycles. The van der Waals surface area contributed by atoms with Crippen molar-refractivity contribution in [2.75, 3.05) is 6.54 Å². The lowest BCUT2D eigenvalue weighted by molar-refractivity contribution is -0.138. The second-order valence-electron chi connectivity index (χ2n) is 6.87. The van der Waals surface area contributed by atoms with E-state index in [1.54, 1.807) is 6.20 Å². The molecule has 0 radical (unpaired) electrons. The Morgan fingerprint density at radius 2 is 2.04 bits per heavy atom. The molecule has 6 nitrogen and oxygen atoms in total. The minimum Gasteiger partial charge on any atom is -0.352 e. The second kappa shape index (κ2) is 6.70. The highest BCUT2D eigenvalue weighted by atomic mass is 16.2. The van der Waals surface area contributed by atoms with Crippen molar-refractivity contribution in [3.63, 3.8) is 0 Å². The third kappa shape index (κ3) is 3.43. The van der Waals surface area contributed by atoms with Gasteiger partial charge in [-0.3, -0.25) is 14.7 Å². The molecule has 1 aromatic heterocycles. The first kappa shape index (κ1) is 15.9. The fraction of sp³-hybridized carbons (Fsp3) is 0.421. The molecular weight excluding hydrogens is 316 g/mol. The molecule has 1 atom stereocenters. The number of hydrogen-bond donors (Lipinski definition) is 2. The summed E-state index contributed by atoms with van der Waals surface area (Å²) in [5, 5.41) is 10.1. The number of piperidine rings is 1. The van der Waals surface area contributed by atoms with Gasteiger partial charge in [-0.25, -0.2) is 0 Å². The summed E-state index contributed by atoms with van der Waals surface area (Å²) in [5.41, 5.74) is 2.94. The van der Waals surface area contributed by atoms with Crippen molar-refractivity contribution in [1.82, 2.24) is 20.4 Å². The van der Waals surface area contributed by atoms with Crippen LogP contribution in [0.4, 0.5) is 0 Å². The lowest BCUT2D eigenvalue weighted by Gasteiger charge is -2.32. The van der Waals surface area contributed by atoms with Crippen molar-refractivity contribution in [3.05, 3.63) is 42.1 Å². The molecular formula is C19H22N4O2. The van der Waals surface area contributed by atoms with Crippen molar-refractivity contribution < 1.29 is 9.59 Å². The maximum absolute atomic E-state index is 12.6. The number of hydrogen-bond acceptors (Lipinski definition) is 3. The monoisotopic (exact) mass is 338 g/mol. The zero-order valence-corrected chi connectivity index (χ0v) is 14.1. The minimum atomic E-state index is -0.106. The van der Waals surface area contributed by atoms with E-state index in [4.69, 9.17) is 0 Å². The molecule has 1 aromatic carbocycles. The van der Waals surface area contributed by atoms with Crippen molar-refractivity contribution in [2.24, 2.45) is 5.92 Å². The van der Waals surface area contributed by atoms with E-state index in [0.717, 1.165) is 29.7 Å². The standard InChI is InChI=1S/C19H22N4O2/c24-17-9-6-14(12-23(17)16-7-8-16)19(25)20-10-15-11-21-22-18(15)13-4-2-1-3-5-13/h1-5,11,14,16H,6-10,12H2,(H,20,25)(H,21,22). The van der Waals surface area contributed by atoms with Crippen LogP contribution in [0.5, 0.6) is 0 Å². The van der Waals surface area contributed by atoms with Crippen LogP contribution < -0.4 is 5.32 Å². The quantitative estimate of drug-likeness (QED) is 0.876. The normalized spacial score (nSPS) is 20.6. The number of amides is 2. The second-order valence-corrected chi connectivity index (χ2v) is 6.87. The Balaban J connectivity index is 1.38. The van der Waals surface area contributed by atoms with Gasteiger partial charge < -0.3 is 10.2 Å². The van der Waals surface area contributed by atoms with E-state index in [-0.39, 0.29) is 17.7 Å². The van der Waals surface area contributed by atoms with Gasteiger partial charge in [0.1, 0.15) is 0 Å². The molecule has 25 heavy (non-hydrogen) atoms. The maximum atomic E-state index is 12.6. The van der Waals surface area contributed by atoms with Crippen LogP contribution in [0.3, 0.4) is 0 Å². The van der Waals surface area contributed by atoms with Gasteiger partial charge >= 0.3 is 0 Å². The van der Waals surface area contributed by atoms with Crippen LogP contribution in [-0.4, -0.2) is 39.5 Å². The molecule has 6 heteroatoms. The molecule has 1 aliphatic carbocycles. The third-order valence-corrected chi connectivity index (χ3v) is 5.04. The SMILES string of the molecule is O=C(NCc1cn[nH]c1-c1ccccc1)C1CCC(=O)N(C2CC2)C1. The van der Waals surface area contributed by atoms with Crippen molar-refractivity contribution in [1.29, 1.82) is 0 Å². The zero-order chi connectivity index (χ0) is 17.2. The number of carbonyl (C=O) groups is 2. The fourth-order valence-electron chi connectivity index (χ4n) is 3.45. The van der Waals surface area contributed by atoms with E-state index in [9.17, 15) is 9.59 Å². The molecule has 2 amide bonds. The number of rotatable bonds is 5. The molecule has 0 bridgehead atoms. The lowest BCUT2D eigenvalue weighted by atomic mass is 9.96. The summed E-state index contributed by atoms with van der Waals surface area (Å²) in [4.78, 5) is 26.4. The number of nitrogens with one attached hydrogen (secondary N) is 2. The summed E-state index contributed by atoms with van der Waals surface area (Å²) in [5.74, 6) is 0.122. The van der Waals surface area contributed by atoms with E-state index >= 15 is 0 Å². The highest BCUT2D eigenvalue weighted by Gasteiger charge is 2.38. The van der Waals surface area contributed by atoms with Crippen LogP contribution in [0.25, 0.3) is 11.3 Å². The maximum Gasteiger partial charge on any atom is 0.225 e. The molecule has 1 unspecified atom stereocenters. The number of H-pyrrole nitrogens is 1. The van der Waals surface area contributed by atoms with Gasteiger partial charge in [-0.2, -0.15) is 5.10 Å². The van der Waals surface area contributed by atoms with Crippen molar-refractivity contribution >= 4 is 11.8 Å². The van der Waals surface area contributed by atoms with Crippen molar-refractivity contribution in [3.8, 4) is 11.3 Å². The van der Waals surface area contributed by atoms with E-state index in [1.807, 2.05) is 35.2 Å². The number of aromatic amines is 1. The average molecular weight is 338 g/mol. The Morgan fingerprint density at radius 1 is 1.24 bits per heavy atom. The van der Waals surface area contributed by atoms with Crippen LogP contribution >= 0.6 is 0 Å². The molecule has 2 aromatic rings. The first-order valence-electron chi connectivity index (χ1n) is 8.87. The van der Waals surface area contributed by atoms with Gasteiger partial charge in [-0.05, 0) is 24.8 Å². The van der Waals surface area contributed by atoms with Crippen LogP contribution in [0.1, 0.15) is 31.2 Å². The summed E-state index contributed by atoms with van der Waals surface area (Å²) >= 11 is 0. The van der Waals surface area contributed by atoms with E-state index < -0.39 is 0 Å². The van der Waals surface area contributed by atoms with Crippen LogP contribution in [0, 0.1) is 5.92 Å². The van der Waals surface area contributed by atoms with Gasteiger partial charge in [0, 0.05) is 31.1 Å². The number of nitrogens with zero attached hydrogens (tertiary/aromatic N) is 2. The number of benzene rings is 1. The molecule has 1 saturated heterocycles. The Bertz CT molecular complexity index is 767. The van der Waals surface area contributed by atoms with Gasteiger partial charge in [0.05, 0.1) is 17.8 Å². The molecule has 2 aliphatic rings. The number of carbonyl (C=O) groups excluding carboxylic acids is 2. The largest absolute Gasteiger partial charge is 0.352 e. The molecule has 4 rings (SSSR count). The highest BCUT2D eigenvalue weighted by molar-refractivity contribution is 5.84. The van der Waals surface area contributed by atoms with Gasteiger partial charge in [0.15, 0.2) is 0 Å². The van der Waals surface area contributed by atoms with E-state index in [2.05, 4.69) is 15.5 Å². The summed E-state index contributed by atoms with van der Waals surface area (Å²) < 4.78 is 0. The topological polar surface area (TPSA) is 78.1 Å². The fourth-order valence-corrected chi connectivity index (χ4v) is 3.45. The summed E-state index contributed by atoms with van der Waals surface area (Å²) in [6, 6.07) is 10.3. The summed E-state index contributed by atoms with van der Waals surface area (Å²) in [6.07, 6.45) is 5.04. The Labute approximate surface area is 146 Å². The van der Waals surface area contributed by atoms with Gasteiger partial charge in [0.2, 0.25) is 11.8 Å². The average Bonchev–Trinajstić information content (AvgIpc) is 3.38.